The van der Waals surface area contributed by atoms with Crippen molar-refractivity contribution in [1.29, 1.82) is 0 Å². The summed E-state index contributed by atoms with van der Waals surface area (Å²) in [5.41, 5.74) is 1.24. The first-order valence-electron chi connectivity index (χ1n) is 13.1. The first kappa shape index (κ1) is 25.5. The van der Waals surface area contributed by atoms with E-state index >= 15 is 0 Å². The highest BCUT2D eigenvalue weighted by molar-refractivity contribution is 5.80. The van der Waals surface area contributed by atoms with E-state index in [2.05, 4.69) is 53.3 Å². The highest BCUT2D eigenvalue weighted by atomic mass is 16.1. The van der Waals surface area contributed by atoms with E-state index in [-0.39, 0.29) is 5.91 Å². The van der Waals surface area contributed by atoms with Crippen LogP contribution in [0.5, 0.6) is 0 Å². The normalized spacial score (nSPS) is 11.3. The summed E-state index contributed by atoms with van der Waals surface area (Å²) in [6, 6.07) is 10.5. The molecular weight excluding hydrogens is 380 g/mol. The number of unbranched alkanes of at least 4 members (excludes halogenated alkanes) is 14. The molecule has 0 aliphatic rings. The van der Waals surface area contributed by atoms with E-state index in [0.717, 1.165) is 13.0 Å². The molecule has 0 saturated carbocycles. The number of rotatable bonds is 19. The topological polar surface area (TPSA) is 34.0 Å². The second kappa shape index (κ2) is 16.9. The maximum atomic E-state index is 12.0. The Labute approximate surface area is 191 Å². The molecule has 2 rings (SSSR count). The van der Waals surface area contributed by atoms with Gasteiger partial charge in [0.15, 0.2) is 0 Å². The number of carbonyl (C=O) groups excluding carboxylic acids is 1. The number of aromatic nitrogens is 1. The molecule has 0 spiro atoms. The van der Waals surface area contributed by atoms with Gasteiger partial charge in [-0.05, 0) is 23.9 Å². The molecule has 3 heteroatoms. The van der Waals surface area contributed by atoms with Gasteiger partial charge in [0.1, 0.15) is 0 Å². The lowest BCUT2D eigenvalue weighted by Gasteiger charge is -2.08. The molecule has 1 heterocycles. The van der Waals surface area contributed by atoms with Crippen molar-refractivity contribution in [3.63, 3.8) is 0 Å². The van der Waals surface area contributed by atoms with E-state index in [1.54, 1.807) is 0 Å². The van der Waals surface area contributed by atoms with E-state index in [4.69, 9.17) is 0 Å². The molecule has 0 atom stereocenters. The first-order valence-corrected chi connectivity index (χ1v) is 13.1. The van der Waals surface area contributed by atoms with Gasteiger partial charge >= 0.3 is 0 Å². The summed E-state index contributed by atoms with van der Waals surface area (Å²) >= 11 is 0. The smallest absolute Gasteiger partial charge is 0.220 e. The summed E-state index contributed by atoms with van der Waals surface area (Å²) in [6.45, 7) is 3.82. The van der Waals surface area contributed by atoms with Crippen LogP contribution in [0.1, 0.15) is 110 Å². The molecule has 174 valence electrons. The summed E-state index contributed by atoms with van der Waals surface area (Å²) < 4.78 is 2.21. The third-order valence-electron chi connectivity index (χ3n) is 6.36. The van der Waals surface area contributed by atoms with E-state index < -0.39 is 0 Å². The molecule has 0 aliphatic carbocycles. The van der Waals surface area contributed by atoms with Crippen LogP contribution in [-0.4, -0.2) is 17.0 Å². The maximum Gasteiger partial charge on any atom is 0.220 e. The van der Waals surface area contributed by atoms with E-state index in [1.165, 1.54) is 101 Å². The van der Waals surface area contributed by atoms with Gasteiger partial charge in [0.2, 0.25) is 5.91 Å². The van der Waals surface area contributed by atoms with Gasteiger partial charge in [0.25, 0.3) is 0 Å². The Balaban J connectivity index is 1.34. The zero-order chi connectivity index (χ0) is 22.0. The molecule has 0 unspecified atom stereocenters. The fraction of sp³-hybridized carbons (Fsp3) is 0.679. The molecule has 0 bridgehead atoms. The van der Waals surface area contributed by atoms with Crippen LogP contribution >= 0.6 is 0 Å². The Bertz CT molecular complexity index is 706. The first-order chi connectivity index (χ1) is 15.3. The third-order valence-corrected chi connectivity index (χ3v) is 6.36. The Morgan fingerprint density at radius 3 is 1.90 bits per heavy atom. The minimum Gasteiger partial charge on any atom is -0.354 e. The van der Waals surface area contributed by atoms with Crippen molar-refractivity contribution in [2.45, 2.75) is 116 Å². The number of hydrogen-bond acceptors (Lipinski definition) is 1. The second-order valence-electron chi connectivity index (χ2n) is 9.12. The fourth-order valence-corrected chi connectivity index (χ4v) is 4.40. The lowest BCUT2D eigenvalue weighted by Crippen LogP contribution is -2.26. The van der Waals surface area contributed by atoms with E-state index in [0.29, 0.717) is 13.0 Å². The third kappa shape index (κ3) is 11.4. The summed E-state index contributed by atoms with van der Waals surface area (Å²) in [5.74, 6) is 0.200. The van der Waals surface area contributed by atoms with Crippen LogP contribution in [0.4, 0.5) is 0 Å². The largest absolute Gasteiger partial charge is 0.354 e. The minimum absolute atomic E-state index is 0.200. The van der Waals surface area contributed by atoms with Crippen molar-refractivity contribution < 1.29 is 4.79 Å². The number of nitrogens with one attached hydrogen (secondary N) is 1. The van der Waals surface area contributed by atoms with Crippen molar-refractivity contribution in [3.8, 4) is 0 Å². The number of carbonyl (C=O) groups is 1. The molecule has 1 aromatic heterocycles. The number of nitrogens with zero attached hydrogens (tertiary/aromatic N) is 1. The predicted octanol–water partition coefficient (Wildman–Crippen LogP) is 8.02. The number of amides is 1. The zero-order valence-electron chi connectivity index (χ0n) is 20.0. The van der Waals surface area contributed by atoms with Crippen molar-refractivity contribution in [3.05, 3.63) is 36.5 Å². The van der Waals surface area contributed by atoms with Crippen molar-refractivity contribution in [2.24, 2.45) is 0 Å². The number of hydrogen-bond donors (Lipinski definition) is 1. The van der Waals surface area contributed by atoms with Gasteiger partial charge in [-0.25, -0.2) is 0 Å². The Kier molecular flexibility index (Phi) is 13.9. The van der Waals surface area contributed by atoms with Crippen LogP contribution in [0.15, 0.2) is 36.5 Å². The molecule has 0 radical (unpaired) electrons. The van der Waals surface area contributed by atoms with Gasteiger partial charge in [-0.3, -0.25) is 4.79 Å². The highest BCUT2D eigenvalue weighted by Gasteiger charge is 2.03. The Morgan fingerprint density at radius 2 is 1.29 bits per heavy atom. The van der Waals surface area contributed by atoms with Gasteiger partial charge in [-0.1, -0.05) is 115 Å². The SMILES string of the molecule is CCCCCCCCCCCCCCCCCC(=O)NCCn1ccc2ccccc21. The van der Waals surface area contributed by atoms with Gasteiger partial charge in [-0.2, -0.15) is 0 Å². The average molecular weight is 427 g/mol. The lowest BCUT2D eigenvalue weighted by molar-refractivity contribution is -0.121. The van der Waals surface area contributed by atoms with Crippen molar-refractivity contribution in [2.75, 3.05) is 6.54 Å². The van der Waals surface area contributed by atoms with Crippen LogP contribution < -0.4 is 5.32 Å². The molecule has 3 nitrogen and oxygen atoms in total. The quantitative estimate of drug-likeness (QED) is 0.227. The zero-order valence-corrected chi connectivity index (χ0v) is 20.0. The van der Waals surface area contributed by atoms with E-state index in [1.807, 2.05) is 0 Å². The number of benzene rings is 1. The summed E-state index contributed by atoms with van der Waals surface area (Å²) in [7, 11) is 0. The van der Waals surface area contributed by atoms with Crippen LogP contribution in [0, 0.1) is 0 Å². The Hall–Kier alpha value is -1.77. The molecule has 0 aliphatic heterocycles. The summed E-state index contributed by atoms with van der Waals surface area (Å²) in [5, 5.41) is 4.33. The van der Waals surface area contributed by atoms with Gasteiger partial charge in [0.05, 0.1) is 0 Å². The molecule has 31 heavy (non-hydrogen) atoms. The summed E-state index contributed by atoms with van der Waals surface area (Å²) in [6.07, 6.45) is 23.1. The molecule has 1 amide bonds. The molecular formula is C28H46N2O. The lowest BCUT2D eigenvalue weighted by atomic mass is 10.0. The van der Waals surface area contributed by atoms with Crippen LogP contribution in [0.25, 0.3) is 10.9 Å². The number of fused-ring (bicyclic) bond motifs is 1. The minimum atomic E-state index is 0.200. The van der Waals surface area contributed by atoms with Crippen LogP contribution in [0.3, 0.4) is 0 Å². The average Bonchev–Trinajstić information content (AvgIpc) is 3.19. The van der Waals surface area contributed by atoms with Gasteiger partial charge in [0, 0.05) is 31.2 Å². The highest BCUT2D eigenvalue weighted by Crippen LogP contribution is 2.15. The molecule has 0 saturated heterocycles. The monoisotopic (exact) mass is 426 g/mol. The fourth-order valence-electron chi connectivity index (χ4n) is 4.40. The van der Waals surface area contributed by atoms with E-state index in [9.17, 15) is 4.79 Å². The van der Waals surface area contributed by atoms with Crippen molar-refractivity contribution in [1.82, 2.24) is 9.88 Å². The predicted molar refractivity (Wildman–Crippen MR) is 134 cm³/mol. The molecule has 2 aromatic rings. The number of para-hydroxylation sites is 1. The van der Waals surface area contributed by atoms with Crippen LogP contribution in [0.2, 0.25) is 0 Å². The van der Waals surface area contributed by atoms with Gasteiger partial charge < -0.3 is 9.88 Å². The molecule has 1 N–H and O–H groups in total. The standard InChI is InChI=1S/C28H46N2O/c1-2-3-4-5-6-7-8-9-10-11-12-13-14-15-16-21-28(31)29-23-25-30-24-22-26-19-17-18-20-27(26)30/h17-20,22,24H,2-16,21,23,25H2,1H3,(H,29,31). The van der Waals surface area contributed by atoms with Gasteiger partial charge in [-0.15, -0.1) is 0 Å². The molecule has 0 fully saturated rings. The van der Waals surface area contributed by atoms with Crippen LogP contribution in [-0.2, 0) is 11.3 Å². The summed E-state index contributed by atoms with van der Waals surface area (Å²) in [4.78, 5) is 12.0. The second-order valence-corrected chi connectivity index (χ2v) is 9.12. The molecule has 1 aromatic carbocycles. The Morgan fingerprint density at radius 1 is 0.742 bits per heavy atom. The van der Waals surface area contributed by atoms with Crippen molar-refractivity contribution >= 4 is 16.8 Å². The maximum absolute atomic E-state index is 12.0.